The van der Waals surface area contributed by atoms with E-state index < -0.39 is 5.82 Å². The molecule has 2 heterocycles. The molecule has 0 aliphatic carbocycles. The van der Waals surface area contributed by atoms with E-state index in [4.69, 9.17) is 16.3 Å². The summed E-state index contributed by atoms with van der Waals surface area (Å²) in [5, 5.41) is 3.07. The first-order chi connectivity index (χ1) is 11.1. The van der Waals surface area contributed by atoms with Gasteiger partial charge in [-0.3, -0.25) is 4.98 Å². The predicted molar refractivity (Wildman–Crippen MR) is 85.3 cm³/mol. The molecule has 2 aromatic rings. The van der Waals surface area contributed by atoms with Gasteiger partial charge in [-0.15, -0.1) is 0 Å². The summed E-state index contributed by atoms with van der Waals surface area (Å²) >= 11 is 6.06. The van der Waals surface area contributed by atoms with Crippen molar-refractivity contribution >= 4 is 23.3 Å². The Bertz CT molecular complexity index is 713. The number of halogens is 2. The van der Waals surface area contributed by atoms with Crippen LogP contribution in [0.1, 0.15) is 6.42 Å². The maximum atomic E-state index is 13.5. The Morgan fingerprint density at radius 3 is 3.00 bits per heavy atom. The third kappa shape index (κ3) is 3.71. The molecule has 2 amide bonds. The van der Waals surface area contributed by atoms with Crippen LogP contribution in [0.3, 0.4) is 0 Å². The van der Waals surface area contributed by atoms with E-state index in [9.17, 15) is 9.18 Å². The number of urea groups is 1. The number of ether oxygens (including phenoxy) is 1. The third-order valence-corrected chi connectivity index (χ3v) is 3.89. The van der Waals surface area contributed by atoms with Gasteiger partial charge in [0.25, 0.3) is 0 Å². The first-order valence-electron chi connectivity index (χ1n) is 7.20. The number of aromatic nitrogens is 1. The summed E-state index contributed by atoms with van der Waals surface area (Å²) in [5.74, 6) is 0.0329. The Morgan fingerprint density at radius 2 is 2.22 bits per heavy atom. The van der Waals surface area contributed by atoms with Crippen molar-refractivity contribution in [2.24, 2.45) is 0 Å². The van der Waals surface area contributed by atoms with Crippen LogP contribution in [-0.4, -0.2) is 35.1 Å². The minimum absolute atomic E-state index is 0.112. The Hall–Kier alpha value is -2.34. The van der Waals surface area contributed by atoms with Crippen molar-refractivity contribution in [1.29, 1.82) is 0 Å². The highest BCUT2D eigenvalue weighted by Crippen LogP contribution is 2.26. The molecule has 1 fully saturated rings. The fourth-order valence-corrected chi connectivity index (χ4v) is 2.58. The second-order valence-corrected chi connectivity index (χ2v) is 5.60. The number of para-hydroxylation sites is 1. The molecule has 120 valence electrons. The normalized spacial score (nSPS) is 17.1. The van der Waals surface area contributed by atoms with E-state index in [1.54, 1.807) is 17.0 Å². The van der Waals surface area contributed by atoms with E-state index >= 15 is 0 Å². The molecule has 23 heavy (non-hydrogen) atoms. The van der Waals surface area contributed by atoms with Crippen LogP contribution in [0.25, 0.3) is 0 Å². The molecule has 1 aliphatic rings. The van der Waals surface area contributed by atoms with E-state index in [1.807, 2.05) is 12.1 Å². The van der Waals surface area contributed by atoms with Crippen LogP contribution in [0, 0.1) is 5.82 Å². The number of carbonyl (C=O) groups is 1. The van der Waals surface area contributed by atoms with Crippen LogP contribution in [0.5, 0.6) is 5.75 Å². The average Bonchev–Trinajstić information content (AvgIpc) is 3.01. The smallest absolute Gasteiger partial charge is 0.322 e. The van der Waals surface area contributed by atoms with Gasteiger partial charge < -0.3 is 15.0 Å². The molecule has 1 saturated heterocycles. The lowest BCUT2D eigenvalue weighted by atomic mass is 10.3. The second-order valence-electron chi connectivity index (χ2n) is 5.19. The SMILES string of the molecule is O=C(Nc1ccncc1F)N1CC[C@@H](Oc2ccccc2Cl)C1. The molecular formula is C16H15ClFN3O2. The number of benzene rings is 1. The summed E-state index contributed by atoms with van der Waals surface area (Å²) in [7, 11) is 0. The summed E-state index contributed by atoms with van der Waals surface area (Å²) in [6.07, 6.45) is 3.04. The fourth-order valence-electron chi connectivity index (χ4n) is 2.40. The van der Waals surface area contributed by atoms with Crippen LogP contribution in [-0.2, 0) is 0 Å². The third-order valence-electron chi connectivity index (χ3n) is 3.58. The first kappa shape index (κ1) is 15.6. The molecule has 5 nitrogen and oxygen atoms in total. The quantitative estimate of drug-likeness (QED) is 0.933. The molecule has 1 N–H and O–H groups in total. The highest BCUT2D eigenvalue weighted by Gasteiger charge is 2.28. The van der Waals surface area contributed by atoms with Gasteiger partial charge in [-0.1, -0.05) is 23.7 Å². The van der Waals surface area contributed by atoms with Gasteiger partial charge in [-0.25, -0.2) is 9.18 Å². The summed E-state index contributed by atoms with van der Waals surface area (Å²) in [5.41, 5.74) is 0.112. The predicted octanol–water partition coefficient (Wildman–Crippen LogP) is 3.56. The van der Waals surface area contributed by atoms with Crippen molar-refractivity contribution in [2.45, 2.75) is 12.5 Å². The number of hydrogen-bond donors (Lipinski definition) is 1. The van der Waals surface area contributed by atoms with Gasteiger partial charge in [0.2, 0.25) is 0 Å². The first-order valence-corrected chi connectivity index (χ1v) is 7.58. The molecule has 1 aromatic heterocycles. The number of pyridine rings is 1. The van der Waals surface area contributed by atoms with Crippen LogP contribution < -0.4 is 10.1 Å². The number of rotatable bonds is 3. The number of nitrogens with one attached hydrogen (secondary N) is 1. The van der Waals surface area contributed by atoms with Crippen molar-refractivity contribution in [2.75, 3.05) is 18.4 Å². The van der Waals surface area contributed by atoms with Crippen LogP contribution in [0.15, 0.2) is 42.7 Å². The standard InChI is InChI=1S/C16H15ClFN3O2/c17-12-3-1-2-4-15(12)23-11-6-8-21(10-11)16(22)20-14-5-7-19-9-13(14)18/h1-5,7,9,11H,6,8,10H2,(H,19,20,22)/t11-/m1/s1. The van der Waals surface area contributed by atoms with Crippen molar-refractivity contribution in [3.8, 4) is 5.75 Å². The number of nitrogens with zero attached hydrogens (tertiary/aromatic N) is 2. The van der Waals surface area contributed by atoms with Crippen molar-refractivity contribution in [3.05, 3.63) is 53.6 Å². The topological polar surface area (TPSA) is 54.5 Å². The van der Waals surface area contributed by atoms with Gasteiger partial charge in [0.1, 0.15) is 11.9 Å². The molecule has 0 spiro atoms. The molecule has 0 bridgehead atoms. The van der Waals surface area contributed by atoms with Crippen molar-refractivity contribution < 1.29 is 13.9 Å². The van der Waals surface area contributed by atoms with Crippen molar-refractivity contribution in [3.63, 3.8) is 0 Å². The van der Waals surface area contributed by atoms with E-state index in [0.717, 1.165) is 6.20 Å². The van der Waals surface area contributed by atoms with Gasteiger partial charge >= 0.3 is 6.03 Å². The lowest BCUT2D eigenvalue weighted by Crippen LogP contribution is -2.34. The molecule has 1 aliphatic heterocycles. The van der Waals surface area contributed by atoms with E-state index in [-0.39, 0.29) is 17.8 Å². The molecule has 1 atom stereocenters. The zero-order valence-electron chi connectivity index (χ0n) is 12.2. The molecule has 0 radical (unpaired) electrons. The zero-order chi connectivity index (χ0) is 16.2. The maximum absolute atomic E-state index is 13.5. The Morgan fingerprint density at radius 1 is 1.39 bits per heavy atom. The van der Waals surface area contributed by atoms with Gasteiger partial charge in [-0.2, -0.15) is 0 Å². The van der Waals surface area contributed by atoms with Crippen LogP contribution >= 0.6 is 11.6 Å². The largest absolute Gasteiger partial charge is 0.487 e. The van der Waals surface area contributed by atoms with Gasteiger partial charge in [0.05, 0.1) is 23.5 Å². The summed E-state index contributed by atoms with van der Waals surface area (Å²) in [4.78, 5) is 17.4. The van der Waals surface area contributed by atoms with E-state index in [0.29, 0.717) is 30.3 Å². The number of carbonyl (C=O) groups excluding carboxylic acids is 1. The maximum Gasteiger partial charge on any atom is 0.322 e. The highest BCUT2D eigenvalue weighted by atomic mass is 35.5. The minimum Gasteiger partial charge on any atom is -0.487 e. The summed E-state index contributed by atoms with van der Waals surface area (Å²) < 4.78 is 19.3. The molecule has 3 rings (SSSR count). The monoisotopic (exact) mass is 335 g/mol. The lowest BCUT2D eigenvalue weighted by molar-refractivity contribution is 0.195. The van der Waals surface area contributed by atoms with Crippen LogP contribution in [0.4, 0.5) is 14.9 Å². The number of likely N-dealkylation sites (tertiary alicyclic amines) is 1. The number of amides is 2. The summed E-state index contributed by atoms with van der Waals surface area (Å²) in [6.45, 7) is 0.956. The lowest BCUT2D eigenvalue weighted by Gasteiger charge is -2.18. The molecule has 1 aromatic carbocycles. The molecule has 0 saturated carbocycles. The van der Waals surface area contributed by atoms with Gasteiger partial charge in [0, 0.05) is 19.2 Å². The van der Waals surface area contributed by atoms with E-state index in [2.05, 4.69) is 10.3 Å². The van der Waals surface area contributed by atoms with Crippen LogP contribution in [0.2, 0.25) is 5.02 Å². The number of anilines is 1. The molecular weight excluding hydrogens is 321 g/mol. The average molecular weight is 336 g/mol. The Balaban J connectivity index is 1.58. The highest BCUT2D eigenvalue weighted by molar-refractivity contribution is 6.32. The Kier molecular flexibility index (Phi) is 4.62. The van der Waals surface area contributed by atoms with Gasteiger partial charge in [0.15, 0.2) is 5.82 Å². The Labute approximate surface area is 138 Å². The van der Waals surface area contributed by atoms with E-state index in [1.165, 1.54) is 12.3 Å². The fraction of sp³-hybridized carbons (Fsp3) is 0.250. The summed E-state index contributed by atoms with van der Waals surface area (Å²) in [6, 6.07) is 8.26. The van der Waals surface area contributed by atoms with Gasteiger partial charge in [-0.05, 0) is 18.2 Å². The number of hydrogen-bond acceptors (Lipinski definition) is 3. The molecule has 7 heteroatoms. The minimum atomic E-state index is -0.566. The second kappa shape index (κ2) is 6.83. The molecule has 0 unspecified atom stereocenters. The zero-order valence-corrected chi connectivity index (χ0v) is 13.0. The van der Waals surface area contributed by atoms with Crippen molar-refractivity contribution in [1.82, 2.24) is 9.88 Å².